The van der Waals surface area contributed by atoms with E-state index in [-0.39, 0.29) is 11.9 Å². The van der Waals surface area contributed by atoms with Crippen molar-refractivity contribution in [3.63, 3.8) is 0 Å². The molecule has 4 heteroatoms. The van der Waals surface area contributed by atoms with E-state index in [1.54, 1.807) is 0 Å². The molecule has 102 valence electrons. The number of fused-ring (bicyclic) bond motifs is 2. The molecule has 0 spiro atoms. The van der Waals surface area contributed by atoms with Gasteiger partial charge < -0.3 is 5.32 Å². The van der Waals surface area contributed by atoms with Crippen LogP contribution in [-0.2, 0) is 13.0 Å². The van der Waals surface area contributed by atoms with E-state index >= 15 is 0 Å². The third kappa shape index (κ3) is 1.54. The molecule has 1 unspecified atom stereocenters. The number of amides is 1. The maximum Gasteiger partial charge on any atom is 0.255 e. The lowest BCUT2D eigenvalue weighted by Gasteiger charge is -2.27. The molecule has 2 heterocycles. The van der Waals surface area contributed by atoms with Crippen LogP contribution in [0.25, 0.3) is 0 Å². The van der Waals surface area contributed by atoms with E-state index in [1.165, 1.54) is 17.5 Å². The molecule has 1 aromatic carbocycles. The average Bonchev–Trinajstić information content (AvgIpc) is 3.00. The minimum absolute atomic E-state index is 0.0212. The van der Waals surface area contributed by atoms with Gasteiger partial charge in [-0.15, -0.1) is 0 Å². The fourth-order valence-corrected chi connectivity index (χ4v) is 3.55. The van der Waals surface area contributed by atoms with E-state index in [2.05, 4.69) is 39.4 Å². The van der Waals surface area contributed by atoms with Crippen molar-refractivity contribution in [2.45, 2.75) is 38.8 Å². The summed E-state index contributed by atoms with van der Waals surface area (Å²) in [5.41, 5.74) is 5.46. The van der Waals surface area contributed by atoms with Gasteiger partial charge in [0.1, 0.15) is 0 Å². The first-order valence-corrected chi connectivity index (χ1v) is 7.19. The summed E-state index contributed by atoms with van der Waals surface area (Å²) in [6, 6.07) is 8.88. The number of nitrogens with zero attached hydrogens (tertiary/aromatic N) is 2. The molecule has 0 saturated carbocycles. The fourth-order valence-electron chi connectivity index (χ4n) is 3.55. The largest absolute Gasteiger partial charge is 0.346 e. The van der Waals surface area contributed by atoms with Gasteiger partial charge in [0.15, 0.2) is 0 Å². The van der Waals surface area contributed by atoms with Crippen molar-refractivity contribution in [2.24, 2.45) is 0 Å². The van der Waals surface area contributed by atoms with E-state index in [1.807, 2.05) is 6.92 Å². The molecule has 1 N–H and O–H groups in total. The summed E-state index contributed by atoms with van der Waals surface area (Å²) in [6.45, 7) is 2.53. The zero-order valence-electron chi connectivity index (χ0n) is 11.5. The highest BCUT2D eigenvalue weighted by molar-refractivity contribution is 5.98. The minimum Gasteiger partial charge on any atom is -0.346 e. The van der Waals surface area contributed by atoms with E-state index < -0.39 is 0 Å². The van der Waals surface area contributed by atoms with Crippen molar-refractivity contribution in [3.8, 4) is 0 Å². The molecule has 4 rings (SSSR count). The van der Waals surface area contributed by atoms with Crippen LogP contribution in [0.2, 0.25) is 0 Å². The Hall–Kier alpha value is -2.10. The number of rotatable bonds is 1. The first-order valence-electron chi connectivity index (χ1n) is 7.19. The topological polar surface area (TPSA) is 46.9 Å². The standard InChI is InChI=1S/C16H17N3O/c1-10-15-14(9-17-16(15)20)19(18-10)13-8-4-6-11-5-2-3-7-12(11)13/h2-3,5,7,13H,4,6,8-9H2,1H3,(H,17,20). The van der Waals surface area contributed by atoms with Gasteiger partial charge >= 0.3 is 0 Å². The van der Waals surface area contributed by atoms with E-state index in [4.69, 9.17) is 0 Å². The molecule has 1 aliphatic carbocycles. The second-order valence-electron chi connectivity index (χ2n) is 5.64. The molecule has 1 atom stereocenters. The van der Waals surface area contributed by atoms with Gasteiger partial charge in [0.25, 0.3) is 5.91 Å². The summed E-state index contributed by atoms with van der Waals surface area (Å²) in [7, 11) is 0. The maximum absolute atomic E-state index is 11.9. The SMILES string of the molecule is Cc1nn(C2CCCc3ccccc32)c2c1C(=O)NC2. The van der Waals surface area contributed by atoms with Gasteiger partial charge in [0.05, 0.1) is 29.5 Å². The molecule has 1 aromatic heterocycles. The Morgan fingerprint density at radius 2 is 2.20 bits per heavy atom. The lowest BCUT2D eigenvalue weighted by atomic mass is 9.87. The molecular weight excluding hydrogens is 250 g/mol. The zero-order chi connectivity index (χ0) is 13.7. The van der Waals surface area contributed by atoms with Crippen LogP contribution in [-0.4, -0.2) is 15.7 Å². The molecule has 20 heavy (non-hydrogen) atoms. The van der Waals surface area contributed by atoms with Crippen LogP contribution >= 0.6 is 0 Å². The highest BCUT2D eigenvalue weighted by Crippen LogP contribution is 2.35. The van der Waals surface area contributed by atoms with Crippen LogP contribution in [0.15, 0.2) is 24.3 Å². The molecule has 4 nitrogen and oxygen atoms in total. The van der Waals surface area contributed by atoms with Crippen molar-refractivity contribution in [2.75, 3.05) is 0 Å². The molecule has 2 aromatic rings. The third-order valence-electron chi connectivity index (χ3n) is 4.46. The van der Waals surface area contributed by atoms with Crippen molar-refractivity contribution < 1.29 is 4.79 Å². The lowest BCUT2D eigenvalue weighted by Crippen LogP contribution is -2.21. The Kier molecular flexibility index (Phi) is 2.46. The number of carbonyl (C=O) groups excluding carboxylic acids is 1. The average molecular weight is 267 g/mol. The van der Waals surface area contributed by atoms with Gasteiger partial charge in [-0.05, 0) is 37.3 Å². The molecule has 1 amide bonds. The molecule has 0 bridgehead atoms. The smallest absolute Gasteiger partial charge is 0.255 e. The minimum atomic E-state index is 0.0212. The van der Waals surface area contributed by atoms with E-state index in [0.717, 1.165) is 29.8 Å². The quantitative estimate of drug-likeness (QED) is 0.862. The molecular formula is C16H17N3O. The predicted octanol–water partition coefficient (Wildman–Crippen LogP) is 2.36. The van der Waals surface area contributed by atoms with Gasteiger partial charge in [-0.1, -0.05) is 24.3 Å². The molecule has 2 aliphatic rings. The van der Waals surface area contributed by atoms with Gasteiger partial charge in [-0.25, -0.2) is 0 Å². The third-order valence-corrected chi connectivity index (χ3v) is 4.46. The molecule has 0 radical (unpaired) electrons. The molecule has 0 fully saturated rings. The second kappa shape index (κ2) is 4.20. The van der Waals surface area contributed by atoms with Gasteiger partial charge in [0.2, 0.25) is 0 Å². The Balaban J connectivity index is 1.86. The number of aromatic nitrogens is 2. The van der Waals surface area contributed by atoms with Crippen LogP contribution in [0.4, 0.5) is 0 Å². The van der Waals surface area contributed by atoms with Crippen molar-refractivity contribution in [1.29, 1.82) is 0 Å². The first kappa shape index (κ1) is 11.7. The Morgan fingerprint density at radius 1 is 1.35 bits per heavy atom. The normalized spacial score (nSPS) is 20.4. The zero-order valence-corrected chi connectivity index (χ0v) is 11.5. The van der Waals surface area contributed by atoms with Gasteiger partial charge in [0, 0.05) is 0 Å². The molecule has 1 aliphatic heterocycles. The fraction of sp³-hybridized carbons (Fsp3) is 0.375. The number of hydrogen-bond donors (Lipinski definition) is 1. The maximum atomic E-state index is 11.9. The van der Waals surface area contributed by atoms with Crippen LogP contribution in [0.1, 0.15) is 51.8 Å². The van der Waals surface area contributed by atoms with E-state index in [9.17, 15) is 4.79 Å². The highest BCUT2D eigenvalue weighted by Gasteiger charge is 2.31. The Bertz CT molecular complexity index is 702. The monoisotopic (exact) mass is 267 g/mol. The summed E-state index contributed by atoms with van der Waals surface area (Å²) in [5, 5.41) is 7.57. The van der Waals surface area contributed by atoms with E-state index in [0.29, 0.717) is 6.54 Å². The van der Waals surface area contributed by atoms with Crippen LogP contribution in [0, 0.1) is 6.92 Å². The van der Waals surface area contributed by atoms with Crippen LogP contribution in [0.5, 0.6) is 0 Å². The van der Waals surface area contributed by atoms with Crippen molar-refractivity contribution >= 4 is 5.91 Å². The number of nitrogens with one attached hydrogen (secondary N) is 1. The number of aryl methyl sites for hydroxylation is 2. The summed E-state index contributed by atoms with van der Waals surface area (Å²) in [5.74, 6) is 0.0212. The number of benzene rings is 1. The lowest BCUT2D eigenvalue weighted by molar-refractivity contribution is 0.0965. The van der Waals surface area contributed by atoms with Crippen molar-refractivity contribution in [1.82, 2.24) is 15.1 Å². The van der Waals surface area contributed by atoms with Crippen LogP contribution < -0.4 is 5.32 Å². The van der Waals surface area contributed by atoms with Gasteiger partial charge in [-0.2, -0.15) is 5.10 Å². The predicted molar refractivity (Wildman–Crippen MR) is 75.7 cm³/mol. The first-order chi connectivity index (χ1) is 9.75. The summed E-state index contributed by atoms with van der Waals surface area (Å²) in [4.78, 5) is 11.9. The number of hydrogen-bond acceptors (Lipinski definition) is 2. The van der Waals surface area contributed by atoms with Crippen LogP contribution in [0.3, 0.4) is 0 Å². The molecule has 0 saturated heterocycles. The summed E-state index contributed by atoms with van der Waals surface area (Å²) < 4.78 is 2.08. The Labute approximate surface area is 117 Å². The van der Waals surface area contributed by atoms with Crippen molar-refractivity contribution in [3.05, 3.63) is 52.3 Å². The Morgan fingerprint density at radius 3 is 3.10 bits per heavy atom. The van der Waals surface area contributed by atoms with Gasteiger partial charge in [-0.3, -0.25) is 9.48 Å². The second-order valence-corrected chi connectivity index (χ2v) is 5.64. The summed E-state index contributed by atoms with van der Waals surface area (Å²) in [6.07, 6.45) is 3.42. The highest BCUT2D eigenvalue weighted by atomic mass is 16.2. The number of carbonyl (C=O) groups is 1. The summed E-state index contributed by atoms with van der Waals surface area (Å²) >= 11 is 0.